The number of allylic oxidation sites excluding steroid dienone is 1. The number of hydrogen-bond acceptors (Lipinski definition) is 1. The van der Waals surface area contributed by atoms with Gasteiger partial charge in [-0.1, -0.05) is 54.6 Å². The number of rotatable bonds is 4. The largest absolute Gasteiger partial charge is 0.409 e. The summed E-state index contributed by atoms with van der Waals surface area (Å²) in [7, 11) is 0. The molecule has 2 aromatic rings. The van der Waals surface area contributed by atoms with Crippen LogP contribution < -0.4 is 5.32 Å². The van der Waals surface area contributed by atoms with Crippen molar-refractivity contribution in [1.82, 2.24) is 0 Å². The highest BCUT2D eigenvalue weighted by atomic mass is 19.4. The smallest absolute Gasteiger partial charge is 0.375 e. The number of benzene rings is 2. The molecule has 104 valence electrons. The lowest BCUT2D eigenvalue weighted by atomic mass is 10.1. The van der Waals surface area contributed by atoms with Crippen LogP contribution in [0.15, 0.2) is 72.8 Å². The standard InChI is InChI=1S/C16H14F3N/c17-16(18,19)12-11-15(13-7-3-1-4-8-13)20-14-9-5-2-6-10-14/h1-12,15,20H/b12-11+. The van der Waals surface area contributed by atoms with Crippen LogP contribution in [0.2, 0.25) is 0 Å². The van der Waals surface area contributed by atoms with Gasteiger partial charge in [0.05, 0.1) is 6.04 Å². The quantitative estimate of drug-likeness (QED) is 0.779. The van der Waals surface area contributed by atoms with E-state index in [1.807, 2.05) is 36.4 Å². The zero-order valence-corrected chi connectivity index (χ0v) is 10.6. The lowest BCUT2D eigenvalue weighted by molar-refractivity contribution is -0.0800. The van der Waals surface area contributed by atoms with Gasteiger partial charge in [-0.15, -0.1) is 0 Å². The Kier molecular flexibility index (Phi) is 4.45. The molecule has 0 spiro atoms. The Balaban J connectivity index is 2.23. The first kappa shape index (κ1) is 14.2. The Morgan fingerprint density at radius 3 is 1.95 bits per heavy atom. The van der Waals surface area contributed by atoms with Gasteiger partial charge in [-0.05, 0) is 17.7 Å². The third kappa shape index (κ3) is 4.46. The van der Waals surface area contributed by atoms with Gasteiger partial charge in [-0.2, -0.15) is 13.2 Å². The summed E-state index contributed by atoms with van der Waals surface area (Å²) in [5.41, 5.74) is 1.55. The molecule has 20 heavy (non-hydrogen) atoms. The van der Waals surface area contributed by atoms with Gasteiger partial charge in [0.1, 0.15) is 0 Å². The number of hydrogen-bond donors (Lipinski definition) is 1. The highest BCUT2D eigenvalue weighted by Crippen LogP contribution is 2.24. The molecule has 0 aliphatic carbocycles. The molecule has 0 saturated heterocycles. The number of anilines is 1. The van der Waals surface area contributed by atoms with E-state index in [2.05, 4.69) is 5.32 Å². The second-order valence-corrected chi connectivity index (χ2v) is 4.30. The summed E-state index contributed by atoms with van der Waals surface area (Å²) in [5, 5.41) is 3.08. The first-order valence-corrected chi connectivity index (χ1v) is 6.17. The van der Waals surface area contributed by atoms with Crippen LogP contribution in [-0.4, -0.2) is 6.18 Å². The van der Waals surface area contributed by atoms with Gasteiger partial charge in [-0.25, -0.2) is 0 Å². The predicted molar refractivity (Wildman–Crippen MR) is 74.4 cm³/mol. The molecule has 4 heteroatoms. The third-order valence-electron chi connectivity index (χ3n) is 2.73. The molecular weight excluding hydrogens is 263 g/mol. The molecule has 0 bridgehead atoms. The average molecular weight is 277 g/mol. The topological polar surface area (TPSA) is 12.0 Å². The summed E-state index contributed by atoms with van der Waals surface area (Å²) in [4.78, 5) is 0. The fourth-order valence-corrected chi connectivity index (χ4v) is 1.82. The van der Waals surface area contributed by atoms with Gasteiger partial charge < -0.3 is 5.32 Å². The molecule has 1 nitrogen and oxygen atoms in total. The first-order chi connectivity index (χ1) is 9.54. The van der Waals surface area contributed by atoms with E-state index in [1.54, 1.807) is 24.3 Å². The summed E-state index contributed by atoms with van der Waals surface area (Å²) >= 11 is 0. The lowest BCUT2D eigenvalue weighted by Gasteiger charge is -2.17. The second-order valence-electron chi connectivity index (χ2n) is 4.30. The Morgan fingerprint density at radius 1 is 0.850 bits per heavy atom. The zero-order chi connectivity index (χ0) is 14.4. The van der Waals surface area contributed by atoms with Crippen LogP contribution in [0, 0.1) is 0 Å². The maximum Gasteiger partial charge on any atom is 0.409 e. The number of para-hydroxylation sites is 1. The Labute approximate surface area is 115 Å². The van der Waals surface area contributed by atoms with Gasteiger partial charge in [0.2, 0.25) is 0 Å². The van der Waals surface area contributed by atoms with Crippen molar-refractivity contribution in [3.05, 3.63) is 78.4 Å². The highest BCUT2D eigenvalue weighted by Gasteiger charge is 2.23. The molecule has 0 radical (unpaired) electrons. The minimum Gasteiger partial charge on any atom is -0.375 e. The van der Waals surface area contributed by atoms with Crippen LogP contribution in [0.1, 0.15) is 11.6 Å². The molecule has 0 aliphatic heterocycles. The zero-order valence-electron chi connectivity index (χ0n) is 10.6. The van der Waals surface area contributed by atoms with E-state index < -0.39 is 12.2 Å². The fourth-order valence-electron chi connectivity index (χ4n) is 1.82. The van der Waals surface area contributed by atoms with Crippen LogP contribution in [0.4, 0.5) is 18.9 Å². The van der Waals surface area contributed by atoms with Crippen molar-refractivity contribution in [2.75, 3.05) is 5.32 Å². The molecule has 0 heterocycles. The molecule has 1 atom stereocenters. The van der Waals surface area contributed by atoms with Crippen molar-refractivity contribution in [3.8, 4) is 0 Å². The molecule has 2 aromatic carbocycles. The molecule has 0 aliphatic rings. The van der Waals surface area contributed by atoms with Crippen molar-refractivity contribution in [1.29, 1.82) is 0 Å². The minimum absolute atomic E-state index is 0.264. The maximum absolute atomic E-state index is 12.4. The van der Waals surface area contributed by atoms with E-state index in [9.17, 15) is 13.2 Å². The monoisotopic (exact) mass is 277 g/mol. The van der Waals surface area contributed by atoms with E-state index in [-0.39, 0.29) is 6.08 Å². The first-order valence-electron chi connectivity index (χ1n) is 6.17. The van der Waals surface area contributed by atoms with Crippen molar-refractivity contribution < 1.29 is 13.2 Å². The van der Waals surface area contributed by atoms with E-state index in [1.165, 1.54) is 0 Å². The van der Waals surface area contributed by atoms with Crippen molar-refractivity contribution in [2.45, 2.75) is 12.2 Å². The van der Waals surface area contributed by atoms with Crippen molar-refractivity contribution >= 4 is 5.69 Å². The van der Waals surface area contributed by atoms with Crippen LogP contribution in [0.3, 0.4) is 0 Å². The maximum atomic E-state index is 12.4. The van der Waals surface area contributed by atoms with Gasteiger partial charge in [0.15, 0.2) is 0 Å². The van der Waals surface area contributed by atoms with E-state index in [4.69, 9.17) is 0 Å². The summed E-state index contributed by atoms with van der Waals surface area (Å²) in [6.07, 6.45) is -2.92. The molecule has 0 saturated carbocycles. The third-order valence-corrected chi connectivity index (χ3v) is 2.73. The molecule has 0 amide bonds. The van der Waals surface area contributed by atoms with Crippen LogP contribution >= 0.6 is 0 Å². The summed E-state index contributed by atoms with van der Waals surface area (Å²) in [5.74, 6) is 0. The van der Waals surface area contributed by atoms with E-state index in [0.717, 1.165) is 17.3 Å². The van der Waals surface area contributed by atoms with Gasteiger partial charge in [-0.3, -0.25) is 0 Å². The summed E-state index contributed by atoms with van der Waals surface area (Å²) < 4.78 is 37.1. The van der Waals surface area contributed by atoms with Crippen molar-refractivity contribution in [2.24, 2.45) is 0 Å². The molecule has 1 N–H and O–H groups in total. The minimum atomic E-state index is -4.31. The number of halogens is 3. The molecule has 1 unspecified atom stereocenters. The van der Waals surface area contributed by atoms with Gasteiger partial charge >= 0.3 is 6.18 Å². The Bertz CT molecular complexity index is 547. The fraction of sp³-hybridized carbons (Fsp3) is 0.125. The SMILES string of the molecule is FC(F)(F)/C=C/C(Nc1ccccc1)c1ccccc1. The molecule has 0 aromatic heterocycles. The van der Waals surface area contributed by atoms with Gasteiger partial charge in [0, 0.05) is 11.8 Å². The van der Waals surface area contributed by atoms with Gasteiger partial charge in [0.25, 0.3) is 0 Å². The Hall–Kier alpha value is -2.23. The van der Waals surface area contributed by atoms with Crippen LogP contribution in [0.25, 0.3) is 0 Å². The predicted octanol–water partition coefficient (Wildman–Crippen LogP) is 4.96. The lowest BCUT2D eigenvalue weighted by Crippen LogP contribution is -2.10. The molecular formula is C16H14F3N. The summed E-state index contributed by atoms with van der Waals surface area (Å²) in [6.45, 7) is 0. The molecule has 2 rings (SSSR count). The highest BCUT2D eigenvalue weighted by molar-refractivity contribution is 5.46. The second kappa shape index (κ2) is 6.28. The number of alkyl halides is 3. The Morgan fingerprint density at radius 2 is 1.40 bits per heavy atom. The van der Waals surface area contributed by atoms with Crippen LogP contribution in [0.5, 0.6) is 0 Å². The summed E-state index contributed by atoms with van der Waals surface area (Å²) in [6, 6.07) is 17.6. The van der Waals surface area contributed by atoms with Crippen molar-refractivity contribution in [3.63, 3.8) is 0 Å². The van der Waals surface area contributed by atoms with E-state index in [0.29, 0.717) is 0 Å². The van der Waals surface area contributed by atoms with E-state index >= 15 is 0 Å². The molecule has 0 fully saturated rings. The van der Waals surface area contributed by atoms with Crippen LogP contribution in [-0.2, 0) is 0 Å². The normalized spacial score (nSPS) is 13.3. The number of nitrogens with one attached hydrogen (secondary N) is 1. The average Bonchev–Trinajstić information content (AvgIpc) is 2.44.